The molecule has 11 heteroatoms. The van der Waals surface area contributed by atoms with E-state index in [2.05, 4.69) is 10.1 Å². The number of nitrogens with zero attached hydrogens (tertiary/aromatic N) is 2. The molecule has 1 unspecified atom stereocenters. The summed E-state index contributed by atoms with van der Waals surface area (Å²) >= 11 is 0. The Bertz CT molecular complexity index is 969. The summed E-state index contributed by atoms with van der Waals surface area (Å²) in [4.78, 5) is 14.8. The average molecular weight is 474 g/mol. The highest BCUT2D eigenvalue weighted by Gasteiger charge is 2.38. The Balaban J connectivity index is 1.68. The lowest BCUT2D eigenvalue weighted by molar-refractivity contribution is -0.153. The minimum atomic E-state index is -4.52. The summed E-state index contributed by atoms with van der Waals surface area (Å²) in [6.45, 7) is -1.62. The first-order chi connectivity index (χ1) is 15.1. The normalized spacial score (nSPS) is 21.0. The van der Waals surface area contributed by atoms with Gasteiger partial charge in [-0.25, -0.2) is 8.42 Å². The monoisotopic (exact) mass is 473 g/mol. The number of carbonyl (C=O) groups is 1. The van der Waals surface area contributed by atoms with Gasteiger partial charge >= 0.3 is 6.18 Å². The van der Waals surface area contributed by atoms with Crippen LogP contribution in [0.1, 0.15) is 44.1 Å². The maximum absolute atomic E-state index is 13.1. The Kier molecular flexibility index (Phi) is 7.54. The summed E-state index contributed by atoms with van der Waals surface area (Å²) in [6.07, 6.45) is 0.664. The van der Waals surface area contributed by atoms with E-state index in [9.17, 15) is 31.6 Å². The predicted molar refractivity (Wildman–Crippen MR) is 112 cm³/mol. The Morgan fingerprint density at radius 1 is 1.19 bits per heavy atom. The van der Waals surface area contributed by atoms with E-state index in [1.165, 1.54) is 18.2 Å². The summed E-state index contributed by atoms with van der Waals surface area (Å²) in [7, 11) is -3.15. The standard InChI is InChI=1S/C21H26F3N3O4S/c22-21(23,24)14-31-19-7-6-16(10-15(19)11-25)26-12-20(28)27(17-4-2-1-3-5-17)18-8-9-32(29,30)13-18/h6-7,10,17-18,26H,1-5,8-9,12-14H2. The van der Waals surface area contributed by atoms with E-state index in [1.54, 1.807) is 11.0 Å². The Morgan fingerprint density at radius 2 is 1.91 bits per heavy atom. The van der Waals surface area contributed by atoms with Gasteiger partial charge in [0.25, 0.3) is 0 Å². The molecule has 176 valence electrons. The van der Waals surface area contributed by atoms with E-state index in [0.29, 0.717) is 12.1 Å². The molecule has 2 aliphatic rings. The van der Waals surface area contributed by atoms with Crippen LogP contribution in [0, 0.1) is 11.3 Å². The first-order valence-electron chi connectivity index (χ1n) is 10.6. The molecule has 1 saturated carbocycles. The van der Waals surface area contributed by atoms with E-state index in [-0.39, 0.29) is 47.4 Å². The number of nitriles is 1. The largest absolute Gasteiger partial charge is 0.483 e. The van der Waals surface area contributed by atoms with Crippen LogP contribution >= 0.6 is 0 Å². The molecule has 1 atom stereocenters. The van der Waals surface area contributed by atoms with Crippen molar-refractivity contribution in [1.82, 2.24) is 4.90 Å². The fraction of sp³-hybridized carbons (Fsp3) is 0.619. The number of carbonyl (C=O) groups excluding carboxylic acids is 1. The number of sulfone groups is 1. The number of halogens is 3. The zero-order valence-electron chi connectivity index (χ0n) is 17.5. The van der Waals surface area contributed by atoms with E-state index in [4.69, 9.17) is 0 Å². The first kappa shape index (κ1) is 24.2. The van der Waals surface area contributed by atoms with Crippen LogP contribution in [0.4, 0.5) is 18.9 Å². The number of amides is 1. The molecule has 2 fully saturated rings. The second kappa shape index (κ2) is 9.98. The van der Waals surface area contributed by atoms with Gasteiger partial charge in [0, 0.05) is 17.8 Å². The third kappa shape index (κ3) is 6.51. The van der Waals surface area contributed by atoms with E-state index >= 15 is 0 Å². The number of alkyl halides is 3. The van der Waals surface area contributed by atoms with Crippen LogP contribution in [0.2, 0.25) is 0 Å². The zero-order valence-corrected chi connectivity index (χ0v) is 18.3. The van der Waals surface area contributed by atoms with Crippen LogP contribution in [-0.4, -0.2) is 62.1 Å². The number of benzene rings is 1. The van der Waals surface area contributed by atoms with Gasteiger partial charge < -0.3 is 15.0 Å². The quantitative estimate of drug-likeness (QED) is 0.653. The van der Waals surface area contributed by atoms with Crippen molar-refractivity contribution in [3.8, 4) is 11.8 Å². The van der Waals surface area contributed by atoms with Gasteiger partial charge in [-0.2, -0.15) is 18.4 Å². The van der Waals surface area contributed by atoms with Gasteiger partial charge in [0.15, 0.2) is 16.4 Å². The van der Waals surface area contributed by atoms with Gasteiger partial charge in [-0.15, -0.1) is 0 Å². The van der Waals surface area contributed by atoms with Gasteiger partial charge in [0.1, 0.15) is 11.8 Å². The van der Waals surface area contributed by atoms with Gasteiger partial charge in [-0.3, -0.25) is 4.79 Å². The van der Waals surface area contributed by atoms with Crippen LogP contribution < -0.4 is 10.1 Å². The van der Waals surface area contributed by atoms with Crippen molar-refractivity contribution in [2.45, 2.75) is 56.8 Å². The maximum Gasteiger partial charge on any atom is 0.422 e. The third-order valence-electron chi connectivity index (χ3n) is 5.79. The van der Waals surface area contributed by atoms with Gasteiger partial charge in [0.2, 0.25) is 5.91 Å². The van der Waals surface area contributed by atoms with Crippen LogP contribution in [-0.2, 0) is 14.6 Å². The van der Waals surface area contributed by atoms with Crippen LogP contribution in [0.25, 0.3) is 0 Å². The molecule has 1 aromatic rings. The summed E-state index contributed by atoms with van der Waals surface area (Å²) in [5.41, 5.74) is 0.301. The Labute approximate surface area is 185 Å². The lowest BCUT2D eigenvalue weighted by Gasteiger charge is -2.38. The SMILES string of the molecule is N#Cc1cc(NCC(=O)N(C2CCCCC2)C2CCS(=O)(=O)C2)ccc1OCC(F)(F)F. The van der Waals surface area contributed by atoms with E-state index in [0.717, 1.165) is 32.1 Å². The zero-order chi connectivity index (χ0) is 23.4. The first-order valence-corrected chi connectivity index (χ1v) is 12.4. The lowest BCUT2D eigenvalue weighted by atomic mass is 9.93. The topological polar surface area (TPSA) is 99.5 Å². The number of ether oxygens (including phenoxy) is 1. The molecular formula is C21H26F3N3O4S. The average Bonchev–Trinajstić information content (AvgIpc) is 3.10. The summed E-state index contributed by atoms with van der Waals surface area (Å²) in [6, 6.07) is 5.46. The van der Waals surface area contributed by atoms with Crippen LogP contribution in [0.15, 0.2) is 18.2 Å². The molecular weight excluding hydrogens is 447 g/mol. The highest BCUT2D eigenvalue weighted by molar-refractivity contribution is 7.91. The second-order valence-corrected chi connectivity index (χ2v) is 10.5. The number of hydrogen-bond donors (Lipinski definition) is 1. The molecule has 1 aliphatic carbocycles. The molecule has 1 aliphatic heterocycles. The van der Waals surface area contributed by atoms with Crippen molar-refractivity contribution in [3.63, 3.8) is 0 Å². The molecule has 1 N–H and O–H groups in total. The van der Waals surface area contributed by atoms with Crippen LogP contribution in [0.5, 0.6) is 5.75 Å². The second-order valence-electron chi connectivity index (χ2n) is 8.23. The van der Waals surface area contributed by atoms with Crippen LogP contribution in [0.3, 0.4) is 0 Å². The fourth-order valence-electron chi connectivity index (χ4n) is 4.34. The number of anilines is 1. The van der Waals surface area contributed by atoms with Crippen molar-refractivity contribution in [2.24, 2.45) is 0 Å². The maximum atomic E-state index is 13.1. The van der Waals surface area contributed by atoms with E-state index in [1.807, 2.05) is 0 Å². The van der Waals surface area contributed by atoms with Gasteiger partial charge in [-0.1, -0.05) is 19.3 Å². The predicted octanol–water partition coefficient (Wildman–Crippen LogP) is 3.26. The number of rotatable bonds is 7. The minimum Gasteiger partial charge on any atom is -0.483 e. The minimum absolute atomic E-state index is 0.00386. The van der Waals surface area contributed by atoms with Crippen molar-refractivity contribution in [3.05, 3.63) is 23.8 Å². The number of hydrogen-bond acceptors (Lipinski definition) is 6. The molecule has 7 nitrogen and oxygen atoms in total. The molecule has 1 amide bonds. The third-order valence-corrected chi connectivity index (χ3v) is 7.54. The highest BCUT2D eigenvalue weighted by atomic mass is 32.2. The van der Waals surface area contributed by atoms with Gasteiger partial charge in [0.05, 0.1) is 23.6 Å². The van der Waals surface area contributed by atoms with Crippen molar-refractivity contribution in [1.29, 1.82) is 5.26 Å². The lowest BCUT2D eigenvalue weighted by Crippen LogP contribution is -2.50. The fourth-order valence-corrected chi connectivity index (χ4v) is 6.05. The molecule has 0 bridgehead atoms. The van der Waals surface area contributed by atoms with Gasteiger partial charge in [-0.05, 0) is 37.5 Å². The smallest absolute Gasteiger partial charge is 0.422 e. The molecule has 0 spiro atoms. The van der Waals surface area contributed by atoms with Crippen molar-refractivity contribution in [2.75, 3.05) is 30.0 Å². The number of nitrogens with one attached hydrogen (secondary N) is 1. The molecule has 0 aromatic heterocycles. The summed E-state index contributed by atoms with van der Waals surface area (Å²) < 4.78 is 65.7. The summed E-state index contributed by atoms with van der Waals surface area (Å²) in [5.74, 6) is -0.373. The van der Waals surface area contributed by atoms with Crippen molar-refractivity contribution < 1.29 is 31.1 Å². The Morgan fingerprint density at radius 3 is 2.50 bits per heavy atom. The molecule has 1 aromatic carbocycles. The van der Waals surface area contributed by atoms with E-state index < -0.39 is 22.6 Å². The molecule has 1 heterocycles. The van der Waals surface area contributed by atoms with Crippen molar-refractivity contribution >= 4 is 21.4 Å². The summed E-state index contributed by atoms with van der Waals surface area (Å²) in [5, 5.41) is 12.1. The molecule has 1 saturated heterocycles. The Hall–Kier alpha value is -2.48. The molecule has 3 rings (SSSR count). The molecule has 0 radical (unpaired) electrons. The molecule has 32 heavy (non-hydrogen) atoms. The highest BCUT2D eigenvalue weighted by Crippen LogP contribution is 2.29.